The van der Waals surface area contributed by atoms with Crippen molar-refractivity contribution in [3.05, 3.63) is 22.3 Å². The Morgan fingerprint density at radius 2 is 1.56 bits per heavy atom. The van der Waals surface area contributed by atoms with Gasteiger partial charge in [0.2, 0.25) is 0 Å². The lowest BCUT2D eigenvalue weighted by Gasteiger charge is -2.42. The van der Waals surface area contributed by atoms with E-state index < -0.39 is 0 Å². The Kier molecular flexibility index (Phi) is 5.21. The summed E-state index contributed by atoms with van der Waals surface area (Å²) in [5.74, 6) is 1.40. The van der Waals surface area contributed by atoms with Gasteiger partial charge in [0, 0.05) is 19.1 Å². The average Bonchev–Trinajstić information content (AvgIpc) is 2.26. The lowest BCUT2D eigenvalue weighted by atomic mass is 9.77. The Hall–Kier alpha value is -0.560. The second-order valence-corrected chi connectivity index (χ2v) is 6.77. The van der Waals surface area contributed by atoms with Gasteiger partial charge >= 0.3 is 0 Å². The predicted octanol–water partition coefficient (Wildman–Crippen LogP) is 4.66. The molecule has 18 heavy (non-hydrogen) atoms. The van der Waals surface area contributed by atoms with Gasteiger partial charge in [-0.15, -0.1) is 0 Å². The van der Waals surface area contributed by atoms with Crippen LogP contribution >= 0.6 is 0 Å². The van der Waals surface area contributed by atoms with Gasteiger partial charge in [-0.05, 0) is 64.5 Å². The molecule has 1 unspecified atom stereocenters. The molecular weight excluding hydrogens is 218 g/mol. The van der Waals surface area contributed by atoms with E-state index in [1.54, 1.807) is 11.1 Å². The number of nitrogens with zero attached hydrogens (tertiary/aromatic N) is 1. The van der Waals surface area contributed by atoms with Crippen molar-refractivity contribution >= 4 is 0 Å². The Labute approximate surface area is 114 Å². The third-order valence-electron chi connectivity index (χ3n) is 4.17. The Morgan fingerprint density at radius 3 is 1.89 bits per heavy atom. The first-order chi connectivity index (χ1) is 8.25. The summed E-state index contributed by atoms with van der Waals surface area (Å²) in [5.41, 5.74) is 6.23. The van der Waals surface area contributed by atoms with Gasteiger partial charge in [-0.25, -0.2) is 0 Å². The summed E-state index contributed by atoms with van der Waals surface area (Å²) >= 11 is 0. The minimum atomic E-state index is 0.638. The van der Waals surface area contributed by atoms with Crippen molar-refractivity contribution in [2.75, 3.05) is 13.1 Å². The summed E-state index contributed by atoms with van der Waals surface area (Å²) < 4.78 is 0. The van der Waals surface area contributed by atoms with Crippen LogP contribution in [0.25, 0.3) is 0 Å². The third kappa shape index (κ3) is 3.26. The summed E-state index contributed by atoms with van der Waals surface area (Å²) in [7, 11) is 0. The maximum Gasteiger partial charge on any atom is 0.0238 e. The van der Waals surface area contributed by atoms with Crippen LogP contribution in [-0.4, -0.2) is 24.0 Å². The van der Waals surface area contributed by atoms with E-state index in [2.05, 4.69) is 60.3 Å². The van der Waals surface area contributed by atoms with E-state index in [0.717, 1.165) is 6.54 Å². The Bertz CT molecular complexity index is 350. The zero-order valence-electron chi connectivity index (χ0n) is 13.6. The topological polar surface area (TPSA) is 3.24 Å². The molecule has 104 valence electrons. The second kappa shape index (κ2) is 6.06. The van der Waals surface area contributed by atoms with E-state index in [-0.39, 0.29) is 0 Å². The minimum Gasteiger partial charge on any atom is -0.296 e. The van der Waals surface area contributed by atoms with Gasteiger partial charge in [-0.3, -0.25) is 4.90 Å². The van der Waals surface area contributed by atoms with Crippen LogP contribution in [0.5, 0.6) is 0 Å². The number of hydrogen-bond donors (Lipinski definition) is 0. The number of piperidine rings is 1. The third-order valence-corrected chi connectivity index (χ3v) is 4.17. The fourth-order valence-corrected chi connectivity index (χ4v) is 2.96. The highest BCUT2D eigenvalue weighted by Gasteiger charge is 2.31. The van der Waals surface area contributed by atoms with E-state index in [0.29, 0.717) is 17.9 Å². The highest BCUT2D eigenvalue weighted by atomic mass is 15.2. The molecule has 1 nitrogen and oxygen atoms in total. The van der Waals surface area contributed by atoms with Crippen LogP contribution in [0.2, 0.25) is 0 Å². The number of hydrogen-bond acceptors (Lipinski definition) is 1. The van der Waals surface area contributed by atoms with Gasteiger partial charge in [0.1, 0.15) is 0 Å². The molecule has 0 aromatic rings. The summed E-state index contributed by atoms with van der Waals surface area (Å²) in [6.45, 7) is 20.8. The first-order valence-electron chi connectivity index (χ1n) is 7.33. The molecular formula is C17H31N. The molecule has 1 aliphatic rings. The van der Waals surface area contributed by atoms with Crippen LogP contribution in [0.15, 0.2) is 22.3 Å². The predicted molar refractivity (Wildman–Crippen MR) is 81.8 cm³/mol. The number of rotatable bonds is 2. The van der Waals surface area contributed by atoms with Crippen LogP contribution in [-0.2, 0) is 0 Å². The molecule has 1 heteroatoms. The smallest absolute Gasteiger partial charge is 0.0238 e. The van der Waals surface area contributed by atoms with Crippen LogP contribution in [0, 0.1) is 11.8 Å². The van der Waals surface area contributed by atoms with E-state index in [4.69, 9.17) is 0 Å². The monoisotopic (exact) mass is 249 g/mol. The summed E-state index contributed by atoms with van der Waals surface area (Å²) in [6.07, 6.45) is 0. The molecule has 1 aliphatic heterocycles. The first-order valence-corrected chi connectivity index (χ1v) is 7.33. The van der Waals surface area contributed by atoms with Crippen molar-refractivity contribution in [3.63, 3.8) is 0 Å². The summed E-state index contributed by atoms with van der Waals surface area (Å²) in [5, 5.41) is 0. The van der Waals surface area contributed by atoms with Crippen LogP contribution < -0.4 is 0 Å². The first kappa shape index (κ1) is 15.5. The Balaban J connectivity index is 3.24. The van der Waals surface area contributed by atoms with Gasteiger partial charge in [0.05, 0.1) is 0 Å². The standard InChI is InChI=1S/C17H31N/c1-11(2)15-9-18(14(7)8)10-16(12(3)4)17(15)13(5)6/h11,14-15H,9-10H2,1-8H3. The molecule has 0 radical (unpaired) electrons. The zero-order chi connectivity index (χ0) is 14.0. The maximum absolute atomic E-state index is 2.62. The van der Waals surface area contributed by atoms with Crippen LogP contribution in [0.4, 0.5) is 0 Å². The van der Waals surface area contributed by atoms with E-state index in [1.807, 2.05) is 0 Å². The van der Waals surface area contributed by atoms with Crippen molar-refractivity contribution in [1.82, 2.24) is 4.90 Å². The fourth-order valence-electron chi connectivity index (χ4n) is 2.96. The largest absolute Gasteiger partial charge is 0.296 e. The average molecular weight is 249 g/mol. The van der Waals surface area contributed by atoms with Gasteiger partial charge < -0.3 is 0 Å². The van der Waals surface area contributed by atoms with Gasteiger partial charge in [-0.2, -0.15) is 0 Å². The number of likely N-dealkylation sites (tertiary alicyclic amines) is 1. The maximum atomic E-state index is 2.62. The SMILES string of the molecule is CC(C)=C1CN(C(C)C)CC(C(C)C)C1=C(C)C. The molecule has 0 aliphatic carbocycles. The van der Waals surface area contributed by atoms with Crippen molar-refractivity contribution in [1.29, 1.82) is 0 Å². The van der Waals surface area contributed by atoms with Crippen LogP contribution in [0.3, 0.4) is 0 Å². The van der Waals surface area contributed by atoms with E-state index >= 15 is 0 Å². The lowest BCUT2D eigenvalue weighted by Crippen LogP contribution is -2.44. The molecule has 0 aromatic heterocycles. The molecule has 1 rings (SSSR count). The normalized spacial score (nSPS) is 22.0. The summed E-state index contributed by atoms with van der Waals surface area (Å²) in [6, 6.07) is 0.638. The molecule has 1 heterocycles. The van der Waals surface area contributed by atoms with Crippen LogP contribution in [0.1, 0.15) is 55.4 Å². The van der Waals surface area contributed by atoms with Crippen molar-refractivity contribution in [2.24, 2.45) is 11.8 Å². The van der Waals surface area contributed by atoms with Crippen molar-refractivity contribution < 1.29 is 0 Å². The second-order valence-electron chi connectivity index (χ2n) is 6.77. The highest BCUT2D eigenvalue weighted by molar-refractivity contribution is 5.42. The van der Waals surface area contributed by atoms with Crippen molar-refractivity contribution in [2.45, 2.75) is 61.4 Å². The molecule has 1 atom stereocenters. The van der Waals surface area contributed by atoms with E-state index in [1.165, 1.54) is 17.7 Å². The summed E-state index contributed by atoms with van der Waals surface area (Å²) in [4.78, 5) is 2.62. The molecule has 0 saturated carbocycles. The Morgan fingerprint density at radius 1 is 1.00 bits per heavy atom. The lowest BCUT2D eigenvalue weighted by molar-refractivity contribution is 0.174. The molecule has 0 spiro atoms. The molecule has 0 N–H and O–H groups in total. The quantitative estimate of drug-likeness (QED) is 0.688. The minimum absolute atomic E-state index is 0.638. The molecule has 0 bridgehead atoms. The number of allylic oxidation sites excluding steroid dienone is 2. The molecule has 1 saturated heterocycles. The van der Waals surface area contributed by atoms with Gasteiger partial charge in [-0.1, -0.05) is 25.0 Å². The molecule has 0 amide bonds. The zero-order valence-corrected chi connectivity index (χ0v) is 13.6. The molecule has 1 fully saturated rings. The fraction of sp³-hybridized carbons (Fsp3) is 0.765. The van der Waals surface area contributed by atoms with Gasteiger partial charge in [0.25, 0.3) is 0 Å². The van der Waals surface area contributed by atoms with Gasteiger partial charge in [0.15, 0.2) is 0 Å². The van der Waals surface area contributed by atoms with Crippen molar-refractivity contribution in [3.8, 4) is 0 Å². The van der Waals surface area contributed by atoms with E-state index in [9.17, 15) is 0 Å². The highest BCUT2D eigenvalue weighted by Crippen LogP contribution is 2.36. The molecule has 0 aromatic carbocycles.